The van der Waals surface area contributed by atoms with Crippen molar-refractivity contribution in [2.24, 2.45) is 0 Å². The van der Waals surface area contributed by atoms with Gasteiger partial charge in [0, 0.05) is 32.0 Å². The monoisotopic (exact) mass is 351 g/mol. The van der Waals surface area contributed by atoms with Gasteiger partial charge in [0.05, 0.1) is 22.2 Å². The molecular weight excluding hydrogens is 328 g/mol. The quantitative estimate of drug-likeness (QED) is 0.580. The van der Waals surface area contributed by atoms with E-state index < -0.39 is 26.5 Å². The predicted molar refractivity (Wildman–Crippen MR) is 81.6 cm³/mol. The van der Waals surface area contributed by atoms with Gasteiger partial charge in [-0.3, -0.25) is 19.3 Å². The number of rotatable bonds is 4. The third-order valence-electron chi connectivity index (χ3n) is 3.57. The highest BCUT2D eigenvalue weighted by molar-refractivity contribution is 7.78. The van der Waals surface area contributed by atoms with E-state index in [0.717, 1.165) is 10.9 Å². The first-order valence-corrected chi connectivity index (χ1v) is 10.4. The fourth-order valence-electron chi connectivity index (χ4n) is 2.40. The molecule has 4 N–H and O–H groups in total. The molecule has 3 heterocycles. The van der Waals surface area contributed by atoms with Gasteiger partial charge >= 0.3 is 7.52 Å². The minimum atomic E-state index is -4.24. The van der Waals surface area contributed by atoms with Crippen LogP contribution in [-0.2, 0) is 20.2 Å². The Morgan fingerprint density at radius 1 is 1.32 bits per heavy atom. The Morgan fingerprint density at radius 2 is 2.05 bits per heavy atom. The molecule has 2 fully saturated rings. The number of nitrogens with one attached hydrogen (secondary N) is 3. The lowest BCUT2D eigenvalue weighted by Gasteiger charge is -2.43. The molecule has 0 spiro atoms. The maximum atomic E-state index is 13.5. The maximum Gasteiger partial charge on any atom is 0.312 e. The molecule has 0 amide bonds. The molecule has 11 heteroatoms. The highest BCUT2D eigenvalue weighted by atomic mass is 31.2. The number of aromatic nitrogens is 2. The lowest BCUT2D eigenvalue weighted by atomic mass is 10.4. The molecule has 22 heavy (non-hydrogen) atoms. The molecule has 124 valence electrons. The van der Waals surface area contributed by atoms with Gasteiger partial charge in [-0.1, -0.05) is 0 Å². The summed E-state index contributed by atoms with van der Waals surface area (Å²) in [6, 6.07) is 0. The Morgan fingerprint density at radius 3 is 2.64 bits per heavy atom. The van der Waals surface area contributed by atoms with E-state index in [2.05, 4.69) is 20.2 Å². The second kappa shape index (κ2) is 6.17. The fourth-order valence-corrected chi connectivity index (χ4v) is 8.02. The summed E-state index contributed by atoms with van der Waals surface area (Å²) in [5.74, 6) is 0. The molecular formula is C11H21N5O4P2. The van der Waals surface area contributed by atoms with Crippen LogP contribution in [0.2, 0.25) is 0 Å². The molecule has 0 saturated carbocycles. The highest BCUT2D eigenvalue weighted by Crippen LogP contribution is 2.71. The Kier molecular flexibility index (Phi) is 3.89. The number of aliphatic hydroxyl groups is 1. The third-order valence-corrected chi connectivity index (χ3v) is 9.63. The molecule has 2 atom stereocenters. The van der Waals surface area contributed by atoms with E-state index in [9.17, 15) is 14.2 Å². The summed E-state index contributed by atoms with van der Waals surface area (Å²) in [5, 5.41) is 16.5. The zero-order valence-electron chi connectivity index (χ0n) is 13.9. The van der Waals surface area contributed by atoms with E-state index in [1.165, 1.54) is 12.4 Å². The highest BCUT2D eigenvalue weighted by Gasteiger charge is 2.62. The standard InChI is InChI=1S/C11H21N5O4P2/c17-11(9-16-7-6-12-10-16,21(18)13-3-1-4-14-21)22(19)15-5-2-8-20-22/h6-7,10,17H,1-5,8-9H2,(H,15,19)(H2,13,14,18)/i9D2. The van der Waals surface area contributed by atoms with Crippen molar-refractivity contribution in [2.45, 2.75) is 24.4 Å². The molecule has 1 aromatic heterocycles. The predicted octanol–water partition coefficient (Wildman–Crippen LogP) is 0.508. The van der Waals surface area contributed by atoms with E-state index in [0.29, 0.717) is 25.9 Å². The second-order valence-corrected chi connectivity index (χ2v) is 10.3. The summed E-state index contributed by atoms with van der Waals surface area (Å²) in [7, 11) is -8.29. The van der Waals surface area contributed by atoms with Crippen LogP contribution in [0.3, 0.4) is 0 Å². The van der Waals surface area contributed by atoms with Gasteiger partial charge in [-0.25, -0.2) is 10.1 Å². The van der Waals surface area contributed by atoms with E-state index >= 15 is 0 Å². The van der Waals surface area contributed by atoms with Gasteiger partial charge in [0.15, 0.2) is 0 Å². The van der Waals surface area contributed by atoms with Crippen molar-refractivity contribution in [3.8, 4) is 0 Å². The average molecular weight is 351 g/mol. The summed E-state index contributed by atoms with van der Waals surface area (Å²) in [5.41, 5.74) is 0. The summed E-state index contributed by atoms with van der Waals surface area (Å²) >= 11 is 0. The lowest BCUT2D eigenvalue weighted by molar-refractivity contribution is 0.135. The van der Waals surface area contributed by atoms with Gasteiger partial charge in [0.1, 0.15) is 0 Å². The number of hydrogen-bond donors (Lipinski definition) is 4. The normalized spacial score (nSPS) is 33.5. The molecule has 0 aliphatic carbocycles. The number of hydrogen-bond acceptors (Lipinski definition) is 5. The van der Waals surface area contributed by atoms with Crippen molar-refractivity contribution in [1.82, 2.24) is 24.8 Å². The van der Waals surface area contributed by atoms with E-state index in [1.807, 2.05) is 0 Å². The Labute approximate surface area is 131 Å². The van der Waals surface area contributed by atoms with Gasteiger partial charge < -0.3 is 14.2 Å². The third kappa shape index (κ3) is 2.71. The van der Waals surface area contributed by atoms with Crippen LogP contribution in [0, 0.1) is 0 Å². The van der Waals surface area contributed by atoms with Crippen LogP contribution in [-0.4, -0.2) is 46.0 Å². The van der Waals surface area contributed by atoms with Crippen LogP contribution < -0.4 is 15.3 Å². The molecule has 2 unspecified atom stereocenters. The molecule has 9 nitrogen and oxygen atoms in total. The minimum Gasteiger partial charge on any atom is -0.369 e. The van der Waals surface area contributed by atoms with Crippen LogP contribution in [0.15, 0.2) is 18.7 Å². The maximum absolute atomic E-state index is 13.5. The molecule has 0 radical (unpaired) electrons. The van der Waals surface area contributed by atoms with E-state index in [1.54, 1.807) is 0 Å². The second-order valence-electron chi connectivity index (χ2n) is 5.14. The first-order chi connectivity index (χ1) is 11.3. The van der Waals surface area contributed by atoms with Crippen molar-refractivity contribution in [1.29, 1.82) is 0 Å². The van der Waals surface area contributed by atoms with Crippen LogP contribution in [0.4, 0.5) is 0 Å². The molecule has 1 aromatic rings. The molecule has 2 aliphatic heterocycles. The number of imidazole rings is 1. The zero-order valence-corrected chi connectivity index (χ0v) is 13.7. The Bertz CT molecular complexity index is 634. The van der Waals surface area contributed by atoms with Crippen LogP contribution >= 0.6 is 15.0 Å². The lowest BCUT2D eigenvalue weighted by Crippen LogP contribution is -2.50. The van der Waals surface area contributed by atoms with Crippen molar-refractivity contribution < 1.29 is 21.5 Å². The van der Waals surface area contributed by atoms with Crippen LogP contribution in [0.25, 0.3) is 0 Å². The fraction of sp³-hybridized carbons (Fsp3) is 0.727. The van der Waals surface area contributed by atoms with Gasteiger partial charge in [0.25, 0.3) is 12.5 Å². The molecule has 2 aliphatic rings. The number of nitrogens with zero attached hydrogens (tertiary/aromatic N) is 2. The average Bonchev–Trinajstić information content (AvgIpc) is 3.10. The zero-order chi connectivity index (χ0) is 17.5. The summed E-state index contributed by atoms with van der Waals surface area (Å²) < 4.78 is 50.0. The summed E-state index contributed by atoms with van der Waals surface area (Å²) in [6.07, 6.45) is 4.93. The SMILES string of the molecule is [2H]C([2H])(n1ccnc1)C(O)(P1(=O)NCCCN1)P1(=O)NCCCO1. The van der Waals surface area contributed by atoms with E-state index in [4.69, 9.17) is 7.27 Å². The van der Waals surface area contributed by atoms with Crippen LogP contribution in [0.5, 0.6) is 0 Å². The molecule has 0 aromatic carbocycles. The summed E-state index contributed by atoms with van der Waals surface area (Å²) in [6.45, 7) is -1.78. The Hall–Kier alpha value is -0.530. The van der Waals surface area contributed by atoms with Crippen LogP contribution in [0.1, 0.15) is 15.6 Å². The minimum absolute atomic E-state index is 0.0760. The largest absolute Gasteiger partial charge is 0.369 e. The first-order valence-electron chi connectivity index (χ1n) is 8.08. The topological polar surface area (TPSA) is 118 Å². The van der Waals surface area contributed by atoms with Crippen molar-refractivity contribution in [2.75, 3.05) is 26.2 Å². The Balaban J connectivity index is 2.17. The van der Waals surface area contributed by atoms with E-state index in [-0.39, 0.29) is 13.2 Å². The summed E-state index contributed by atoms with van der Waals surface area (Å²) in [4.78, 5) is 3.77. The van der Waals surface area contributed by atoms with Crippen molar-refractivity contribution in [3.63, 3.8) is 0 Å². The van der Waals surface area contributed by atoms with Crippen molar-refractivity contribution in [3.05, 3.63) is 18.7 Å². The molecule has 3 rings (SSSR count). The van der Waals surface area contributed by atoms with Crippen molar-refractivity contribution >= 4 is 15.0 Å². The van der Waals surface area contributed by atoms with Gasteiger partial charge in [-0.05, 0) is 12.8 Å². The van der Waals surface area contributed by atoms with Gasteiger partial charge in [0.2, 0.25) is 0 Å². The van der Waals surface area contributed by atoms with Gasteiger partial charge in [-0.2, -0.15) is 0 Å². The smallest absolute Gasteiger partial charge is 0.312 e. The van der Waals surface area contributed by atoms with Gasteiger partial charge in [-0.15, -0.1) is 0 Å². The molecule has 0 bridgehead atoms. The first kappa shape index (κ1) is 13.9. The molecule has 2 saturated heterocycles.